The molecule has 3 nitrogen and oxygen atoms in total. The first-order valence-corrected chi connectivity index (χ1v) is 6.29. The molecule has 0 aromatic carbocycles. The lowest BCUT2D eigenvalue weighted by atomic mass is 9.83. The molecule has 0 spiro atoms. The number of rotatable bonds is 3. The first-order valence-electron chi connectivity index (χ1n) is 5.88. The molecule has 0 bridgehead atoms. The summed E-state index contributed by atoms with van der Waals surface area (Å²) >= 11 is 5.33. The van der Waals surface area contributed by atoms with E-state index in [1.54, 1.807) is 0 Å². The zero-order valence-corrected chi connectivity index (χ0v) is 9.96. The van der Waals surface area contributed by atoms with Crippen LogP contribution in [0.25, 0.3) is 11.2 Å². The molecule has 16 heavy (non-hydrogen) atoms. The van der Waals surface area contributed by atoms with Crippen LogP contribution in [0, 0.1) is 10.7 Å². The summed E-state index contributed by atoms with van der Waals surface area (Å²) in [6, 6.07) is 3.96. The molecular weight excluding hydrogens is 218 g/mol. The molecule has 4 heteroatoms. The van der Waals surface area contributed by atoms with Crippen molar-refractivity contribution in [3.8, 4) is 0 Å². The zero-order chi connectivity index (χ0) is 11.0. The molecule has 2 heterocycles. The summed E-state index contributed by atoms with van der Waals surface area (Å²) in [5.41, 5.74) is 2.04. The maximum absolute atomic E-state index is 5.33. The highest BCUT2D eigenvalue weighted by Gasteiger charge is 2.17. The lowest BCUT2D eigenvalue weighted by Gasteiger charge is -2.25. The lowest BCUT2D eigenvalue weighted by Crippen LogP contribution is -2.14. The Kier molecular flexibility index (Phi) is 2.52. The van der Waals surface area contributed by atoms with Crippen LogP contribution in [0.5, 0.6) is 0 Å². The van der Waals surface area contributed by atoms with E-state index in [1.165, 1.54) is 25.7 Å². The predicted molar refractivity (Wildman–Crippen MR) is 66.9 cm³/mol. The summed E-state index contributed by atoms with van der Waals surface area (Å²) in [6.45, 7) is 1.00. The van der Waals surface area contributed by atoms with Crippen LogP contribution >= 0.6 is 12.2 Å². The predicted octanol–water partition coefficient (Wildman–Crippen LogP) is 3.28. The minimum atomic E-state index is 0.799. The molecule has 0 radical (unpaired) electrons. The van der Waals surface area contributed by atoms with Crippen molar-refractivity contribution in [2.24, 2.45) is 5.92 Å². The molecule has 84 valence electrons. The van der Waals surface area contributed by atoms with Gasteiger partial charge in [-0.1, -0.05) is 19.3 Å². The molecule has 1 aliphatic rings. The van der Waals surface area contributed by atoms with Gasteiger partial charge in [0.25, 0.3) is 0 Å². The van der Waals surface area contributed by atoms with E-state index in [4.69, 9.17) is 12.2 Å². The minimum Gasteiger partial charge on any atom is -0.329 e. The van der Waals surface area contributed by atoms with Crippen LogP contribution < -0.4 is 0 Å². The Morgan fingerprint density at radius 1 is 1.50 bits per heavy atom. The number of aromatic amines is 1. The molecule has 1 aliphatic carbocycles. The number of pyridine rings is 1. The van der Waals surface area contributed by atoms with E-state index in [2.05, 4.69) is 14.5 Å². The fraction of sp³-hybridized carbons (Fsp3) is 0.500. The largest absolute Gasteiger partial charge is 0.329 e. The molecule has 1 fully saturated rings. The Balaban J connectivity index is 1.89. The van der Waals surface area contributed by atoms with Crippen LogP contribution in [-0.2, 0) is 6.54 Å². The fourth-order valence-corrected chi connectivity index (χ4v) is 2.58. The second-order valence-corrected chi connectivity index (χ2v) is 4.93. The van der Waals surface area contributed by atoms with Gasteiger partial charge in [0.2, 0.25) is 0 Å². The number of imidazole rings is 1. The molecule has 0 saturated heterocycles. The van der Waals surface area contributed by atoms with E-state index in [0.29, 0.717) is 0 Å². The third kappa shape index (κ3) is 1.67. The Hall–Kier alpha value is -1.16. The third-order valence-corrected chi connectivity index (χ3v) is 3.84. The van der Waals surface area contributed by atoms with E-state index in [0.717, 1.165) is 28.4 Å². The highest BCUT2D eigenvalue weighted by molar-refractivity contribution is 7.71. The smallest absolute Gasteiger partial charge is 0.179 e. The topological polar surface area (TPSA) is 33.6 Å². The van der Waals surface area contributed by atoms with Gasteiger partial charge in [0, 0.05) is 12.7 Å². The van der Waals surface area contributed by atoms with Gasteiger partial charge in [0.1, 0.15) is 0 Å². The van der Waals surface area contributed by atoms with Crippen molar-refractivity contribution in [3.05, 3.63) is 23.1 Å². The van der Waals surface area contributed by atoms with Gasteiger partial charge in [-0.25, -0.2) is 4.98 Å². The molecule has 1 N–H and O–H groups in total. The quantitative estimate of drug-likeness (QED) is 0.825. The van der Waals surface area contributed by atoms with Gasteiger partial charge in [0.05, 0.1) is 5.52 Å². The third-order valence-electron chi connectivity index (χ3n) is 3.51. The number of hydrogen-bond acceptors (Lipinski definition) is 2. The number of H-pyrrole nitrogens is 1. The molecule has 2 aromatic rings. The van der Waals surface area contributed by atoms with Crippen LogP contribution in [0.4, 0.5) is 0 Å². The van der Waals surface area contributed by atoms with Gasteiger partial charge in [0.15, 0.2) is 10.4 Å². The molecule has 0 atom stereocenters. The van der Waals surface area contributed by atoms with Crippen molar-refractivity contribution < 1.29 is 0 Å². The molecule has 0 amide bonds. The highest BCUT2D eigenvalue weighted by atomic mass is 32.1. The normalized spacial score (nSPS) is 16.5. The lowest BCUT2D eigenvalue weighted by molar-refractivity contribution is 0.283. The number of hydrogen-bond donors (Lipinski definition) is 1. The average Bonchev–Trinajstić information content (AvgIpc) is 2.53. The van der Waals surface area contributed by atoms with E-state index in [9.17, 15) is 0 Å². The number of nitrogens with one attached hydrogen (secondary N) is 1. The van der Waals surface area contributed by atoms with E-state index in [1.807, 2.05) is 18.3 Å². The molecule has 0 aliphatic heterocycles. The van der Waals surface area contributed by atoms with Gasteiger partial charge >= 0.3 is 0 Å². The van der Waals surface area contributed by atoms with Crippen LogP contribution in [0.15, 0.2) is 18.3 Å². The van der Waals surface area contributed by atoms with E-state index in [-0.39, 0.29) is 0 Å². The summed E-state index contributed by atoms with van der Waals surface area (Å²) < 4.78 is 2.93. The number of aromatic nitrogens is 3. The summed E-state index contributed by atoms with van der Waals surface area (Å²) in [5, 5.41) is 0. The minimum absolute atomic E-state index is 0.799. The van der Waals surface area contributed by atoms with Crippen molar-refractivity contribution in [1.82, 2.24) is 14.5 Å². The van der Waals surface area contributed by atoms with Gasteiger partial charge in [-0.2, -0.15) is 0 Å². The SMILES string of the molecule is S=c1[nH]c2cccnc2n1CCC1CCC1. The van der Waals surface area contributed by atoms with Gasteiger partial charge in [-0.05, 0) is 36.7 Å². The second kappa shape index (κ2) is 4.01. The Morgan fingerprint density at radius 3 is 3.12 bits per heavy atom. The molecule has 3 rings (SSSR count). The molecule has 2 aromatic heterocycles. The van der Waals surface area contributed by atoms with Gasteiger partial charge < -0.3 is 9.55 Å². The van der Waals surface area contributed by atoms with Crippen molar-refractivity contribution in [2.45, 2.75) is 32.2 Å². The fourth-order valence-electron chi connectivity index (χ4n) is 2.29. The first kappa shape index (κ1) is 10.0. The number of aryl methyl sites for hydroxylation is 1. The van der Waals surface area contributed by atoms with Crippen LogP contribution in [0.2, 0.25) is 0 Å². The Bertz CT molecular complexity index is 551. The van der Waals surface area contributed by atoms with Crippen molar-refractivity contribution in [3.63, 3.8) is 0 Å². The summed E-state index contributed by atoms with van der Waals surface area (Å²) in [6.07, 6.45) is 7.25. The Morgan fingerprint density at radius 2 is 2.38 bits per heavy atom. The van der Waals surface area contributed by atoms with Crippen LogP contribution in [0.3, 0.4) is 0 Å². The summed E-state index contributed by atoms with van der Waals surface area (Å²) in [4.78, 5) is 7.59. The van der Waals surface area contributed by atoms with Crippen molar-refractivity contribution >= 4 is 23.4 Å². The monoisotopic (exact) mass is 233 g/mol. The van der Waals surface area contributed by atoms with Gasteiger partial charge in [-0.3, -0.25) is 0 Å². The standard InChI is InChI=1S/C12H15N3S/c16-12-14-10-5-2-7-13-11(10)15(12)8-6-9-3-1-4-9/h2,5,7,9H,1,3-4,6,8H2,(H,14,16). The number of nitrogens with zero attached hydrogens (tertiary/aromatic N) is 2. The van der Waals surface area contributed by atoms with E-state index < -0.39 is 0 Å². The second-order valence-electron chi connectivity index (χ2n) is 4.54. The zero-order valence-electron chi connectivity index (χ0n) is 9.15. The highest BCUT2D eigenvalue weighted by Crippen LogP contribution is 2.30. The first-order chi connectivity index (χ1) is 7.84. The molecule has 1 saturated carbocycles. The van der Waals surface area contributed by atoms with Gasteiger partial charge in [-0.15, -0.1) is 0 Å². The Labute approximate surface area is 99.5 Å². The summed E-state index contributed by atoms with van der Waals surface area (Å²) in [7, 11) is 0. The van der Waals surface area contributed by atoms with Crippen molar-refractivity contribution in [2.75, 3.05) is 0 Å². The maximum Gasteiger partial charge on any atom is 0.179 e. The number of fused-ring (bicyclic) bond motifs is 1. The molecule has 0 unspecified atom stereocenters. The van der Waals surface area contributed by atoms with Crippen molar-refractivity contribution in [1.29, 1.82) is 0 Å². The summed E-state index contributed by atoms with van der Waals surface area (Å²) in [5.74, 6) is 0.913. The van der Waals surface area contributed by atoms with Crippen LogP contribution in [0.1, 0.15) is 25.7 Å². The average molecular weight is 233 g/mol. The van der Waals surface area contributed by atoms with Crippen LogP contribution in [-0.4, -0.2) is 14.5 Å². The van der Waals surface area contributed by atoms with E-state index >= 15 is 0 Å². The molecular formula is C12H15N3S. The maximum atomic E-state index is 5.33.